The molecule has 0 unspecified atom stereocenters. The summed E-state index contributed by atoms with van der Waals surface area (Å²) in [6, 6.07) is 3.85. The molecule has 2 rings (SSSR count). The molecule has 2 aromatic rings. The smallest absolute Gasteiger partial charge is 0.153 e. The Morgan fingerprint density at radius 2 is 2.00 bits per heavy atom. The summed E-state index contributed by atoms with van der Waals surface area (Å²) in [7, 11) is 0. The molecular weight excluding hydrogens is 214 g/mol. The predicted octanol–water partition coefficient (Wildman–Crippen LogP) is 1.91. The van der Waals surface area contributed by atoms with Crippen molar-refractivity contribution in [3.05, 3.63) is 47.8 Å². The van der Waals surface area contributed by atoms with Gasteiger partial charge in [-0.2, -0.15) is 0 Å². The molecule has 0 bridgehead atoms. The van der Waals surface area contributed by atoms with Gasteiger partial charge in [0.25, 0.3) is 0 Å². The van der Waals surface area contributed by atoms with Crippen LogP contribution in [0.2, 0.25) is 0 Å². The minimum atomic E-state index is -0.775. The number of hydrogen-bond donors (Lipinski definition) is 1. The molecule has 16 heavy (non-hydrogen) atoms. The van der Waals surface area contributed by atoms with E-state index in [1.807, 2.05) is 0 Å². The van der Waals surface area contributed by atoms with Gasteiger partial charge in [-0.3, -0.25) is 4.98 Å². The first kappa shape index (κ1) is 10.6. The summed E-state index contributed by atoms with van der Waals surface area (Å²) in [6.45, 7) is -0.168. The second-order valence-electron chi connectivity index (χ2n) is 3.19. The van der Waals surface area contributed by atoms with Gasteiger partial charge >= 0.3 is 0 Å². The first-order valence-corrected chi connectivity index (χ1v) is 4.58. The largest absolute Gasteiger partial charge is 0.392 e. The third-order valence-corrected chi connectivity index (χ3v) is 2.06. The fraction of sp³-hybridized carbons (Fsp3) is 0.0909. The van der Waals surface area contributed by atoms with E-state index in [0.29, 0.717) is 5.56 Å². The van der Waals surface area contributed by atoms with Crippen LogP contribution in [-0.4, -0.2) is 15.1 Å². The molecule has 0 radical (unpaired) electrons. The Morgan fingerprint density at radius 3 is 2.69 bits per heavy atom. The Kier molecular flexibility index (Phi) is 2.87. The van der Waals surface area contributed by atoms with E-state index in [1.165, 1.54) is 12.3 Å². The molecule has 0 saturated carbocycles. The molecule has 0 atom stereocenters. The highest BCUT2D eigenvalue weighted by molar-refractivity contribution is 5.55. The first-order valence-electron chi connectivity index (χ1n) is 4.58. The van der Waals surface area contributed by atoms with Gasteiger partial charge in [-0.1, -0.05) is 0 Å². The number of hydrogen-bond acceptors (Lipinski definition) is 3. The summed E-state index contributed by atoms with van der Waals surface area (Å²) in [4.78, 5) is 7.54. The molecule has 0 aliphatic heterocycles. The summed E-state index contributed by atoms with van der Waals surface area (Å²) in [5.41, 5.74) is 0.830. The van der Waals surface area contributed by atoms with Gasteiger partial charge in [0.2, 0.25) is 0 Å². The van der Waals surface area contributed by atoms with E-state index in [0.717, 1.165) is 12.3 Å². The topological polar surface area (TPSA) is 46.0 Å². The average molecular weight is 222 g/mol. The van der Waals surface area contributed by atoms with Crippen molar-refractivity contribution >= 4 is 0 Å². The Balaban J connectivity index is 2.49. The molecule has 2 heterocycles. The lowest BCUT2D eigenvalue weighted by Crippen LogP contribution is -1.94. The minimum Gasteiger partial charge on any atom is -0.392 e. The van der Waals surface area contributed by atoms with Crippen molar-refractivity contribution in [2.75, 3.05) is 0 Å². The summed E-state index contributed by atoms with van der Waals surface area (Å²) in [5, 5.41) is 8.92. The van der Waals surface area contributed by atoms with Crippen molar-refractivity contribution in [3.63, 3.8) is 0 Å². The molecule has 0 saturated heterocycles. The molecular formula is C11H8F2N2O. The van der Waals surface area contributed by atoms with Gasteiger partial charge in [0, 0.05) is 12.3 Å². The highest BCUT2D eigenvalue weighted by Gasteiger charge is 2.09. The lowest BCUT2D eigenvalue weighted by atomic mass is 10.2. The van der Waals surface area contributed by atoms with Crippen LogP contribution in [0, 0.1) is 11.6 Å². The van der Waals surface area contributed by atoms with Crippen LogP contribution in [0.4, 0.5) is 8.78 Å². The zero-order valence-electron chi connectivity index (χ0n) is 8.19. The maximum absolute atomic E-state index is 13.4. The van der Waals surface area contributed by atoms with Gasteiger partial charge in [-0.05, 0) is 17.7 Å². The molecule has 0 amide bonds. The Hall–Kier alpha value is -1.88. The molecule has 82 valence electrons. The monoisotopic (exact) mass is 222 g/mol. The number of rotatable bonds is 2. The average Bonchev–Trinajstić information content (AvgIpc) is 2.29. The van der Waals surface area contributed by atoms with E-state index in [2.05, 4.69) is 9.97 Å². The van der Waals surface area contributed by atoms with E-state index in [4.69, 9.17) is 5.11 Å². The van der Waals surface area contributed by atoms with Gasteiger partial charge in [-0.15, -0.1) is 0 Å². The Morgan fingerprint density at radius 1 is 1.19 bits per heavy atom. The van der Waals surface area contributed by atoms with Crippen molar-refractivity contribution in [1.29, 1.82) is 0 Å². The van der Waals surface area contributed by atoms with Gasteiger partial charge < -0.3 is 5.11 Å². The Bertz CT molecular complexity index is 517. The maximum Gasteiger partial charge on any atom is 0.153 e. The van der Waals surface area contributed by atoms with Gasteiger partial charge in [-0.25, -0.2) is 13.8 Å². The van der Waals surface area contributed by atoms with Gasteiger partial charge in [0.05, 0.1) is 18.5 Å². The molecule has 2 aromatic heterocycles. The number of aliphatic hydroxyl groups is 1. The van der Waals surface area contributed by atoms with Crippen molar-refractivity contribution in [3.8, 4) is 11.4 Å². The highest BCUT2D eigenvalue weighted by Crippen LogP contribution is 2.19. The molecule has 0 fully saturated rings. The van der Waals surface area contributed by atoms with E-state index in [-0.39, 0.29) is 18.0 Å². The number of aromatic nitrogens is 2. The van der Waals surface area contributed by atoms with Crippen molar-refractivity contribution in [2.45, 2.75) is 6.61 Å². The fourth-order valence-electron chi connectivity index (χ4n) is 1.31. The molecule has 0 aliphatic rings. The fourth-order valence-corrected chi connectivity index (χ4v) is 1.31. The van der Waals surface area contributed by atoms with Crippen molar-refractivity contribution < 1.29 is 13.9 Å². The number of halogens is 2. The molecule has 0 aromatic carbocycles. The minimum absolute atomic E-state index is 0.0308. The van der Waals surface area contributed by atoms with Crippen LogP contribution in [0.3, 0.4) is 0 Å². The number of nitrogens with zero attached hydrogens (tertiary/aromatic N) is 2. The molecule has 1 N–H and O–H groups in total. The van der Waals surface area contributed by atoms with Crippen LogP contribution in [0.15, 0.2) is 30.6 Å². The predicted molar refractivity (Wildman–Crippen MR) is 53.3 cm³/mol. The molecule has 5 heteroatoms. The second kappa shape index (κ2) is 4.32. The van der Waals surface area contributed by atoms with Crippen LogP contribution in [-0.2, 0) is 6.61 Å². The Labute approximate surface area is 90.4 Å². The SMILES string of the molecule is OCc1ccnc(-c2ncc(F)cc2F)c1. The first-order chi connectivity index (χ1) is 7.70. The number of aliphatic hydroxyl groups excluding tert-OH is 1. The third kappa shape index (κ3) is 2.04. The lowest BCUT2D eigenvalue weighted by Gasteiger charge is -2.03. The van der Waals surface area contributed by atoms with Crippen LogP contribution in [0.1, 0.15) is 5.56 Å². The summed E-state index contributed by atoms with van der Waals surface area (Å²) in [6.07, 6.45) is 2.36. The van der Waals surface area contributed by atoms with Crippen molar-refractivity contribution in [1.82, 2.24) is 9.97 Å². The number of pyridine rings is 2. The molecule has 0 spiro atoms. The van der Waals surface area contributed by atoms with Crippen LogP contribution >= 0.6 is 0 Å². The quantitative estimate of drug-likeness (QED) is 0.844. The van der Waals surface area contributed by atoms with Crippen LogP contribution < -0.4 is 0 Å². The lowest BCUT2D eigenvalue weighted by molar-refractivity contribution is 0.282. The summed E-state index contributed by atoms with van der Waals surface area (Å²) >= 11 is 0. The van der Waals surface area contributed by atoms with Crippen molar-refractivity contribution in [2.24, 2.45) is 0 Å². The normalized spacial score (nSPS) is 10.4. The van der Waals surface area contributed by atoms with E-state index >= 15 is 0 Å². The van der Waals surface area contributed by atoms with Gasteiger partial charge in [0.15, 0.2) is 5.82 Å². The van der Waals surface area contributed by atoms with E-state index < -0.39 is 11.6 Å². The van der Waals surface area contributed by atoms with Crippen LogP contribution in [0.5, 0.6) is 0 Å². The van der Waals surface area contributed by atoms with Crippen LogP contribution in [0.25, 0.3) is 11.4 Å². The van der Waals surface area contributed by atoms with E-state index in [1.54, 1.807) is 6.07 Å². The van der Waals surface area contributed by atoms with E-state index in [9.17, 15) is 8.78 Å². The standard InChI is InChI=1S/C11H8F2N2O/c12-8-4-9(13)11(15-5-8)10-3-7(6-16)1-2-14-10/h1-5,16H,6H2. The van der Waals surface area contributed by atoms with Gasteiger partial charge in [0.1, 0.15) is 11.5 Å². The highest BCUT2D eigenvalue weighted by atomic mass is 19.1. The third-order valence-electron chi connectivity index (χ3n) is 2.06. The summed E-state index contributed by atoms with van der Waals surface area (Å²) in [5.74, 6) is -1.51. The molecule has 3 nitrogen and oxygen atoms in total. The summed E-state index contributed by atoms with van der Waals surface area (Å²) < 4.78 is 26.0. The maximum atomic E-state index is 13.4. The molecule has 0 aliphatic carbocycles. The zero-order valence-corrected chi connectivity index (χ0v) is 8.19. The zero-order chi connectivity index (χ0) is 11.5. The second-order valence-corrected chi connectivity index (χ2v) is 3.19.